The van der Waals surface area contributed by atoms with Crippen molar-refractivity contribution in [3.8, 4) is 23.7 Å². The summed E-state index contributed by atoms with van der Waals surface area (Å²) in [6.45, 7) is 6.22. The number of hydrogen-bond donors (Lipinski definition) is 0. The SMILES string of the molecule is CC(C)(C)C#CC#Cc1ccccc1. The number of rotatable bonds is 0. The lowest BCUT2D eigenvalue weighted by Crippen LogP contribution is -1.98. The molecule has 0 atom stereocenters. The molecule has 0 unspecified atom stereocenters. The third-order valence-corrected chi connectivity index (χ3v) is 1.48. The van der Waals surface area contributed by atoms with E-state index in [4.69, 9.17) is 0 Å². The fourth-order valence-corrected chi connectivity index (χ4v) is 0.844. The van der Waals surface area contributed by atoms with Crippen LogP contribution in [0.5, 0.6) is 0 Å². The Balaban J connectivity index is 2.70. The summed E-state index contributed by atoms with van der Waals surface area (Å²) >= 11 is 0. The molecule has 1 aromatic carbocycles. The van der Waals surface area contributed by atoms with Crippen molar-refractivity contribution in [2.24, 2.45) is 5.41 Å². The molecule has 1 aromatic rings. The highest BCUT2D eigenvalue weighted by molar-refractivity contribution is 5.39. The van der Waals surface area contributed by atoms with E-state index < -0.39 is 0 Å². The molecule has 0 amide bonds. The molecule has 0 spiro atoms. The lowest BCUT2D eigenvalue weighted by atomic mass is 9.98. The van der Waals surface area contributed by atoms with Crippen LogP contribution in [0.15, 0.2) is 30.3 Å². The van der Waals surface area contributed by atoms with Crippen LogP contribution in [0, 0.1) is 29.1 Å². The Hall–Kier alpha value is -1.66. The number of hydrogen-bond acceptors (Lipinski definition) is 0. The normalized spacial score (nSPS) is 9.36. The molecule has 0 aliphatic rings. The fourth-order valence-electron chi connectivity index (χ4n) is 0.844. The molecule has 70 valence electrons. The molecule has 0 heteroatoms. The molecule has 0 aliphatic heterocycles. The Morgan fingerprint density at radius 3 is 2.14 bits per heavy atom. The Morgan fingerprint density at radius 2 is 1.57 bits per heavy atom. The zero-order chi connectivity index (χ0) is 10.4. The van der Waals surface area contributed by atoms with Crippen LogP contribution in [0.1, 0.15) is 26.3 Å². The molecule has 0 nitrogen and oxygen atoms in total. The first-order valence-corrected chi connectivity index (χ1v) is 4.66. The van der Waals surface area contributed by atoms with E-state index in [9.17, 15) is 0 Å². The van der Waals surface area contributed by atoms with Gasteiger partial charge in [-0.1, -0.05) is 30.0 Å². The van der Waals surface area contributed by atoms with Crippen LogP contribution in [0.25, 0.3) is 0 Å². The van der Waals surface area contributed by atoms with Crippen LogP contribution in [0.2, 0.25) is 0 Å². The molecule has 14 heavy (non-hydrogen) atoms. The van der Waals surface area contributed by atoms with E-state index in [0.717, 1.165) is 5.56 Å². The smallest absolute Gasteiger partial charge is 0.0255 e. The average molecular weight is 182 g/mol. The summed E-state index contributed by atoms with van der Waals surface area (Å²) in [5.74, 6) is 11.8. The van der Waals surface area contributed by atoms with E-state index in [0.29, 0.717) is 0 Å². The van der Waals surface area contributed by atoms with Gasteiger partial charge in [-0.3, -0.25) is 0 Å². The topological polar surface area (TPSA) is 0 Å². The van der Waals surface area contributed by atoms with E-state index in [1.54, 1.807) is 0 Å². The zero-order valence-electron chi connectivity index (χ0n) is 8.89. The molecule has 0 radical (unpaired) electrons. The number of benzene rings is 1. The van der Waals surface area contributed by atoms with Crippen LogP contribution in [0.4, 0.5) is 0 Å². The van der Waals surface area contributed by atoms with Crippen molar-refractivity contribution in [2.45, 2.75) is 20.8 Å². The van der Waals surface area contributed by atoms with Crippen molar-refractivity contribution in [2.75, 3.05) is 0 Å². The maximum absolute atomic E-state index is 3.07. The van der Waals surface area contributed by atoms with Gasteiger partial charge in [-0.2, -0.15) is 0 Å². The molecule has 0 saturated carbocycles. The molecule has 0 heterocycles. The van der Waals surface area contributed by atoms with E-state index in [1.165, 1.54) is 0 Å². The maximum Gasteiger partial charge on any atom is 0.0255 e. The Kier molecular flexibility index (Phi) is 3.38. The van der Waals surface area contributed by atoms with Gasteiger partial charge in [-0.05, 0) is 44.7 Å². The van der Waals surface area contributed by atoms with Gasteiger partial charge in [0.05, 0.1) is 0 Å². The molecular weight excluding hydrogens is 168 g/mol. The van der Waals surface area contributed by atoms with Gasteiger partial charge in [-0.25, -0.2) is 0 Å². The van der Waals surface area contributed by atoms with Gasteiger partial charge in [0.1, 0.15) is 0 Å². The molecule has 0 fully saturated rings. The highest BCUT2D eigenvalue weighted by Gasteiger charge is 2.02. The van der Waals surface area contributed by atoms with Crippen molar-refractivity contribution in [3.63, 3.8) is 0 Å². The predicted octanol–water partition coefficient (Wildman–Crippen LogP) is 3.09. The molecular formula is C14H14. The molecule has 1 rings (SSSR count). The van der Waals surface area contributed by atoms with Gasteiger partial charge in [-0.15, -0.1) is 0 Å². The highest BCUT2D eigenvalue weighted by Crippen LogP contribution is 2.09. The minimum atomic E-state index is 0.0331. The third kappa shape index (κ3) is 4.39. The van der Waals surface area contributed by atoms with Gasteiger partial charge < -0.3 is 0 Å². The fraction of sp³-hybridized carbons (Fsp3) is 0.286. The molecule has 0 bridgehead atoms. The zero-order valence-corrected chi connectivity index (χ0v) is 8.89. The summed E-state index contributed by atoms with van der Waals surface area (Å²) in [4.78, 5) is 0. The lowest BCUT2D eigenvalue weighted by molar-refractivity contribution is 0.571. The highest BCUT2D eigenvalue weighted by atomic mass is 14.0. The minimum absolute atomic E-state index is 0.0331. The van der Waals surface area contributed by atoms with Gasteiger partial charge in [0.25, 0.3) is 0 Å². The largest absolute Gasteiger partial charge is 0.0832 e. The van der Waals surface area contributed by atoms with Crippen molar-refractivity contribution in [3.05, 3.63) is 35.9 Å². The Labute approximate surface area is 86.3 Å². The van der Waals surface area contributed by atoms with E-state index in [1.807, 2.05) is 30.3 Å². The first-order chi connectivity index (χ1) is 6.58. The van der Waals surface area contributed by atoms with Crippen LogP contribution in [0.3, 0.4) is 0 Å². The summed E-state index contributed by atoms with van der Waals surface area (Å²) in [6, 6.07) is 9.88. The summed E-state index contributed by atoms with van der Waals surface area (Å²) in [5.41, 5.74) is 1.04. The van der Waals surface area contributed by atoms with E-state index >= 15 is 0 Å². The molecule has 0 N–H and O–H groups in total. The first kappa shape index (κ1) is 10.4. The van der Waals surface area contributed by atoms with Crippen LogP contribution < -0.4 is 0 Å². The van der Waals surface area contributed by atoms with Crippen molar-refractivity contribution < 1.29 is 0 Å². The second-order valence-electron chi connectivity index (χ2n) is 4.12. The minimum Gasteiger partial charge on any atom is -0.0832 e. The summed E-state index contributed by atoms with van der Waals surface area (Å²) < 4.78 is 0. The van der Waals surface area contributed by atoms with E-state index in [2.05, 4.69) is 44.5 Å². The maximum atomic E-state index is 3.07. The summed E-state index contributed by atoms with van der Waals surface area (Å²) in [5, 5.41) is 0. The van der Waals surface area contributed by atoms with Gasteiger partial charge in [0, 0.05) is 11.0 Å². The molecule has 0 aromatic heterocycles. The Bertz CT molecular complexity index is 397. The quantitative estimate of drug-likeness (QED) is 0.541. The van der Waals surface area contributed by atoms with Crippen LogP contribution in [-0.2, 0) is 0 Å². The second-order valence-corrected chi connectivity index (χ2v) is 4.12. The van der Waals surface area contributed by atoms with Gasteiger partial charge in [0.2, 0.25) is 0 Å². The monoisotopic (exact) mass is 182 g/mol. The second kappa shape index (κ2) is 4.54. The van der Waals surface area contributed by atoms with E-state index in [-0.39, 0.29) is 5.41 Å². The predicted molar refractivity (Wildman–Crippen MR) is 60.6 cm³/mol. The summed E-state index contributed by atoms with van der Waals surface area (Å²) in [6.07, 6.45) is 0. The van der Waals surface area contributed by atoms with Crippen molar-refractivity contribution in [1.29, 1.82) is 0 Å². The third-order valence-electron chi connectivity index (χ3n) is 1.48. The standard InChI is InChI=1S/C14H14/c1-14(2,3)12-8-7-11-13-9-5-4-6-10-13/h4-6,9-10H,1-3H3. The van der Waals surface area contributed by atoms with Gasteiger partial charge in [0.15, 0.2) is 0 Å². The molecule has 0 saturated heterocycles. The van der Waals surface area contributed by atoms with Crippen molar-refractivity contribution >= 4 is 0 Å². The summed E-state index contributed by atoms with van der Waals surface area (Å²) in [7, 11) is 0. The van der Waals surface area contributed by atoms with Crippen molar-refractivity contribution in [1.82, 2.24) is 0 Å². The lowest BCUT2D eigenvalue weighted by Gasteiger charge is -2.05. The average Bonchev–Trinajstić information content (AvgIpc) is 2.13. The Morgan fingerprint density at radius 1 is 0.929 bits per heavy atom. The first-order valence-electron chi connectivity index (χ1n) is 4.66. The van der Waals surface area contributed by atoms with Gasteiger partial charge >= 0.3 is 0 Å². The van der Waals surface area contributed by atoms with Crippen LogP contribution >= 0.6 is 0 Å². The van der Waals surface area contributed by atoms with Crippen LogP contribution in [-0.4, -0.2) is 0 Å². The molecule has 0 aliphatic carbocycles.